The lowest BCUT2D eigenvalue weighted by atomic mass is 9.94. The van der Waals surface area contributed by atoms with Gasteiger partial charge in [0.25, 0.3) is 0 Å². The molecule has 2 amide bonds. The van der Waals surface area contributed by atoms with E-state index in [2.05, 4.69) is 10.6 Å². The van der Waals surface area contributed by atoms with Gasteiger partial charge >= 0.3 is 5.97 Å². The number of aliphatic hydroxyl groups excluding tert-OH is 2. The van der Waals surface area contributed by atoms with Gasteiger partial charge in [0.05, 0.1) is 12.1 Å². The van der Waals surface area contributed by atoms with Crippen molar-refractivity contribution in [2.75, 3.05) is 6.54 Å². The Labute approximate surface area is 200 Å². The molecule has 0 saturated heterocycles. The summed E-state index contributed by atoms with van der Waals surface area (Å²) in [6, 6.07) is 4.10. The topological polar surface area (TPSA) is 228 Å². The van der Waals surface area contributed by atoms with Gasteiger partial charge in [0.1, 0.15) is 23.6 Å². The molecule has 2 aromatic rings. The van der Waals surface area contributed by atoms with Crippen molar-refractivity contribution in [1.82, 2.24) is 10.6 Å². The molecule has 0 aromatic heterocycles. The summed E-state index contributed by atoms with van der Waals surface area (Å²) in [5, 5.41) is 55.6. The molecule has 3 rings (SSSR count). The van der Waals surface area contributed by atoms with E-state index in [-0.39, 0.29) is 30.7 Å². The molecular weight excluding hydrogens is 460 g/mol. The van der Waals surface area contributed by atoms with Crippen LogP contribution in [0.15, 0.2) is 36.4 Å². The average molecular weight is 488 g/mol. The first kappa shape index (κ1) is 25.9. The summed E-state index contributed by atoms with van der Waals surface area (Å²) in [6.07, 6.45) is -3.55. The van der Waals surface area contributed by atoms with Crippen molar-refractivity contribution in [3.63, 3.8) is 0 Å². The molecule has 35 heavy (non-hydrogen) atoms. The number of phenolic OH excluding ortho intramolecular Hbond substituents is 2. The number of rotatable bonds is 4. The lowest BCUT2D eigenvalue weighted by Crippen LogP contribution is -2.56. The maximum atomic E-state index is 12.9. The molecule has 11 N–H and O–H groups in total. The second-order valence-electron chi connectivity index (χ2n) is 8.38. The Hall–Kier alpha value is -3.71. The smallest absolute Gasteiger partial charge is 0.329 e. The standard InChI is InChI=1S/C23H28N4O8/c24-9-13(28)8-16-22(33)27-19(23(34)35)20(31)14-6-11(2-4-18(14)30)10-1-3-17(29)12(5-10)7-15(25)21(32)26-16/h1-6,13,15-16,19-20,28-31H,7-9,24-25H2,(H,26,32)(H,27,33)(H,34,35)/t13-,15+,16?,19+,20-/m1/s1. The van der Waals surface area contributed by atoms with Crippen LogP contribution in [0.25, 0.3) is 11.1 Å². The number of fused-ring (bicyclic) bond motifs is 5. The minimum absolute atomic E-state index is 0.107. The van der Waals surface area contributed by atoms with E-state index < -0.39 is 53.9 Å². The zero-order chi connectivity index (χ0) is 25.9. The van der Waals surface area contributed by atoms with Gasteiger partial charge in [-0.25, -0.2) is 4.79 Å². The van der Waals surface area contributed by atoms with Crippen LogP contribution in [-0.4, -0.2) is 74.1 Å². The Morgan fingerprint density at radius 3 is 2.29 bits per heavy atom. The number of nitrogens with two attached hydrogens (primary N) is 2. The van der Waals surface area contributed by atoms with Crippen molar-refractivity contribution in [2.24, 2.45) is 11.5 Å². The number of carbonyl (C=O) groups is 3. The van der Waals surface area contributed by atoms with Crippen LogP contribution in [0.5, 0.6) is 11.5 Å². The highest BCUT2D eigenvalue weighted by Crippen LogP contribution is 2.33. The van der Waals surface area contributed by atoms with Crippen LogP contribution in [-0.2, 0) is 20.8 Å². The zero-order valence-corrected chi connectivity index (χ0v) is 18.6. The summed E-state index contributed by atoms with van der Waals surface area (Å²) >= 11 is 0. The van der Waals surface area contributed by atoms with E-state index in [1.807, 2.05) is 0 Å². The summed E-state index contributed by atoms with van der Waals surface area (Å²) in [6.45, 7) is -0.238. The van der Waals surface area contributed by atoms with Crippen LogP contribution >= 0.6 is 0 Å². The molecule has 188 valence electrons. The van der Waals surface area contributed by atoms with Gasteiger partial charge in [-0.1, -0.05) is 12.1 Å². The highest BCUT2D eigenvalue weighted by atomic mass is 16.4. The monoisotopic (exact) mass is 488 g/mol. The number of carboxylic acids is 1. The van der Waals surface area contributed by atoms with Crippen molar-refractivity contribution in [1.29, 1.82) is 0 Å². The third-order valence-corrected chi connectivity index (χ3v) is 5.83. The number of aromatic hydroxyl groups is 2. The van der Waals surface area contributed by atoms with Gasteiger partial charge in [0, 0.05) is 24.9 Å². The van der Waals surface area contributed by atoms with Crippen molar-refractivity contribution in [2.45, 2.75) is 43.2 Å². The maximum Gasteiger partial charge on any atom is 0.329 e. The normalized spacial score (nSPS) is 23.9. The molecular formula is C23H28N4O8. The third-order valence-electron chi connectivity index (χ3n) is 5.83. The molecule has 0 aliphatic carbocycles. The van der Waals surface area contributed by atoms with Crippen LogP contribution in [0.4, 0.5) is 0 Å². The Kier molecular flexibility index (Phi) is 7.92. The second kappa shape index (κ2) is 10.7. The molecule has 1 unspecified atom stereocenters. The average Bonchev–Trinajstić information content (AvgIpc) is 2.82. The molecule has 5 atom stereocenters. The fraction of sp³-hybridized carbons (Fsp3) is 0.348. The lowest BCUT2D eigenvalue weighted by Gasteiger charge is -2.26. The van der Waals surface area contributed by atoms with Crippen molar-refractivity contribution < 1.29 is 39.9 Å². The first-order chi connectivity index (χ1) is 16.5. The zero-order valence-electron chi connectivity index (χ0n) is 18.6. The predicted molar refractivity (Wildman–Crippen MR) is 123 cm³/mol. The summed E-state index contributed by atoms with van der Waals surface area (Å²) in [4.78, 5) is 37.6. The number of hydrogen-bond acceptors (Lipinski definition) is 9. The number of hydrogen-bond donors (Lipinski definition) is 9. The van der Waals surface area contributed by atoms with Gasteiger partial charge in [-0.15, -0.1) is 0 Å². The number of benzene rings is 2. The highest BCUT2D eigenvalue weighted by molar-refractivity contribution is 5.92. The molecule has 0 radical (unpaired) electrons. The summed E-state index contributed by atoms with van der Waals surface area (Å²) in [5.41, 5.74) is 12.6. The summed E-state index contributed by atoms with van der Waals surface area (Å²) in [7, 11) is 0. The Morgan fingerprint density at radius 2 is 1.66 bits per heavy atom. The minimum Gasteiger partial charge on any atom is -0.508 e. The van der Waals surface area contributed by atoms with E-state index in [0.717, 1.165) is 0 Å². The summed E-state index contributed by atoms with van der Waals surface area (Å²) < 4.78 is 0. The first-order valence-electron chi connectivity index (χ1n) is 10.8. The Bertz CT molecular complexity index is 1120. The van der Waals surface area contributed by atoms with Crippen LogP contribution in [0, 0.1) is 0 Å². The van der Waals surface area contributed by atoms with E-state index in [4.69, 9.17) is 11.5 Å². The van der Waals surface area contributed by atoms with E-state index in [1.54, 1.807) is 12.1 Å². The first-order valence-corrected chi connectivity index (χ1v) is 10.8. The predicted octanol–water partition coefficient (Wildman–Crippen LogP) is -1.55. The van der Waals surface area contributed by atoms with Crippen LogP contribution in [0.1, 0.15) is 23.7 Å². The van der Waals surface area contributed by atoms with E-state index >= 15 is 0 Å². The molecule has 1 aliphatic rings. The number of nitrogens with one attached hydrogen (secondary N) is 2. The van der Waals surface area contributed by atoms with Gasteiger partial charge in [0.15, 0.2) is 6.04 Å². The van der Waals surface area contributed by atoms with Crippen LogP contribution < -0.4 is 22.1 Å². The van der Waals surface area contributed by atoms with Gasteiger partial charge < -0.3 is 47.6 Å². The molecule has 0 fully saturated rings. The largest absolute Gasteiger partial charge is 0.508 e. The molecule has 1 aliphatic heterocycles. The minimum atomic E-state index is -1.91. The third kappa shape index (κ3) is 5.87. The maximum absolute atomic E-state index is 12.9. The van der Waals surface area contributed by atoms with Crippen molar-refractivity contribution >= 4 is 17.8 Å². The Balaban J connectivity index is 2.14. The second-order valence-corrected chi connectivity index (χ2v) is 8.38. The van der Waals surface area contributed by atoms with Crippen molar-refractivity contribution in [3.8, 4) is 22.6 Å². The van der Waals surface area contributed by atoms with E-state index in [1.165, 1.54) is 24.3 Å². The fourth-order valence-corrected chi connectivity index (χ4v) is 3.82. The Morgan fingerprint density at radius 1 is 1.03 bits per heavy atom. The number of aliphatic carboxylic acids is 1. The van der Waals surface area contributed by atoms with Gasteiger partial charge in [-0.3, -0.25) is 9.59 Å². The van der Waals surface area contributed by atoms with Gasteiger partial charge in [0.2, 0.25) is 11.8 Å². The molecule has 2 aromatic carbocycles. The molecule has 12 heteroatoms. The summed E-state index contributed by atoms with van der Waals surface area (Å²) in [5.74, 6) is -3.94. The quantitative estimate of drug-likeness (QED) is 0.240. The fourth-order valence-electron chi connectivity index (χ4n) is 3.82. The lowest BCUT2D eigenvalue weighted by molar-refractivity contribution is -0.146. The molecule has 1 heterocycles. The van der Waals surface area contributed by atoms with E-state index in [0.29, 0.717) is 16.7 Å². The van der Waals surface area contributed by atoms with E-state index in [9.17, 15) is 39.9 Å². The number of carboxylic acid groups (broad SMARTS) is 1. The molecule has 0 spiro atoms. The van der Waals surface area contributed by atoms with Crippen LogP contribution in [0.3, 0.4) is 0 Å². The number of phenols is 2. The molecule has 4 bridgehead atoms. The molecule has 0 saturated carbocycles. The number of carbonyl (C=O) groups excluding carboxylic acids is 2. The van der Waals surface area contributed by atoms with Gasteiger partial charge in [-0.2, -0.15) is 0 Å². The van der Waals surface area contributed by atoms with Crippen LogP contribution in [0.2, 0.25) is 0 Å². The van der Waals surface area contributed by atoms with Crippen molar-refractivity contribution in [3.05, 3.63) is 47.5 Å². The van der Waals surface area contributed by atoms with Gasteiger partial charge in [-0.05, 0) is 41.0 Å². The molecule has 12 nitrogen and oxygen atoms in total. The number of amides is 2. The number of aliphatic hydroxyl groups is 2. The SMILES string of the molecule is NC[C@H](O)CC1NC(=O)[C@@H](N)Cc2cc(ccc2O)-c2ccc(O)c(c2)[C@@H](O)[C@@H](C(=O)O)NC1=O. The highest BCUT2D eigenvalue weighted by Gasteiger charge is 2.35.